The number of hydrogen-bond acceptors (Lipinski definition) is 3. The second-order valence-electron chi connectivity index (χ2n) is 3.31. The first kappa shape index (κ1) is 13.3. The fourth-order valence-corrected chi connectivity index (χ4v) is 1.13. The molecule has 1 rings (SSSR count). The third-order valence-electron chi connectivity index (χ3n) is 1.81. The lowest BCUT2D eigenvalue weighted by molar-refractivity contribution is -0.170. The Hall–Kier alpha value is -1.72. The van der Waals surface area contributed by atoms with Crippen molar-refractivity contribution in [3.63, 3.8) is 0 Å². The smallest absolute Gasteiger partial charge is 0.399 e. The van der Waals surface area contributed by atoms with Gasteiger partial charge >= 0.3 is 12.1 Å². The van der Waals surface area contributed by atoms with E-state index in [1.54, 1.807) is 12.1 Å². The van der Waals surface area contributed by atoms with Gasteiger partial charge in [0.1, 0.15) is 13.0 Å². The fourth-order valence-electron chi connectivity index (χ4n) is 1.13. The number of hydrogen-bond donors (Lipinski definition) is 1. The zero-order chi connectivity index (χ0) is 12.7. The summed E-state index contributed by atoms with van der Waals surface area (Å²) in [6.45, 7) is 0.178. The molecule has 0 spiro atoms. The molecule has 0 fully saturated rings. The third-order valence-corrected chi connectivity index (χ3v) is 1.81. The van der Waals surface area contributed by atoms with Crippen molar-refractivity contribution in [2.75, 3.05) is 18.5 Å². The summed E-state index contributed by atoms with van der Waals surface area (Å²) < 4.78 is 39.7. The van der Waals surface area contributed by atoms with Crippen molar-refractivity contribution in [2.24, 2.45) is 0 Å². The Bertz CT molecular complexity index is 351. The van der Waals surface area contributed by atoms with Crippen LogP contribution in [0.2, 0.25) is 0 Å². The molecule has 0 amide bonds. The normalized spacial score (nSPS) is 11.0. The van der Waals surface area contributed by atoms with Crippen molar-refractivity contribution >= 4 is 11.7 Å². The highest BCUT2D eigenvalue weighted by Gasteiger charge is 2.32. The number of alkyl halides is 3. The molecule has 0 atom stereocenters. The lowest BCUT2D eigenvalue weighted by Crippen LogP contribution is -2.20. The molecule has 0 saturated heterocycles. The van der Waals surface area contributed by atoms with Crippen molar-refractivity contribution < 1.29 is 22.7 Å². The van der Waals surface area contributed by atoms with Gasteiger partial charge in [-0.1, -0.05) is 18.2 Å². The lowest BCUT2D eigenvalue weighted by Gasteiger charge is -2.08. The summed E-state index contributed by atoms with van der Waals surface area (Å²) in [6, 6.07) is 9.08. The molecule has 1 aromatic rings. The summed E-state index contributed by atoms with van der Waals surface area (Å²) in [4.78, 5) is 10.7. The number of anilines is 1. The van der Waals surface area contributed by atoms with Crippen molar-refractivity contribution in [1.29, 1.82) is 0 Å². The molecule has 0 unspecified atom stereocenters. The Morgan fingerprint density at radius 1 is 1.24 bits per heavy atom. The van der Waals surface area contributed by atoms with E-state index in [0.29, 0.717) is 0 Å². The molecule has 94 valence electrons. The molecule has 0 aromatic heterocycles. The summed E-state index contributed by atoms with van der Waals surface area (Å²) in [7, 11) is 0. The highest BCUT2D eigenvalue weighted by atomic mass is 19.4. The second-order valence-corrected chi connectivity index (χ2v) is 3.31. The summed E-state index contributed by atoms with van der Waals surface area (Å²) in [6.07, 6.45) is -6.05. The van der Waals surface area contributed by atoms with Crippen LogP contribution < -0.4 is 5.32 Å². The number of para-hydroxylation sites is 1. The van der Waals surface area contributed by atoms with Gasteiger partial charge in [-0.15, -0.1) is 0 Å². The van der Waals surface area contributed by atoms with Crippen LogP contribution in [0.4, 0.5) is 18.9 Å². The summed E-state index contributed by atoms with van der Waals surface area (Å²) >= 11 is 0. The van der Waals surface area contributed by atoms with E-state index >= 15 is 0 Å². The molecule has 0 heterocycles. The average Bonchev–Trinajstić information content (AvgIpc) is 2.23. The minimum Gasteiger partial charge on any atom is -0.464 e. The number of halogens is 3. The number of carbonyl (C=O) groups is 1. The van der Waals surface area contributed by atoms with Gasteiger partial charge in [-0.2, -0.15) is 13.2 Å². The predicted octanol–water partition coefficient (Wildman–Crippen LogP) is 2.59. The van der Waals surface area contributed by atoms with Crippen LogP contribution in [0.25, 0.3) is 0 Å². The molecule has 0 radical (unpaired) electrons. The topological polar surface area (TPSA) is 38.3 Å². The van der Waals surface area contributed by atoms with Gasteiger partial charge in [0.25, 0.3) is 0 Å². The van der Waals surface area contributed by atoms with Crippen molar-refractivity contribution in [2.45, 2.75) is 12.6 Å². The van der Waals surface area contributed by atoms with Gasteiger partial charge < -0.3 is 10.1 Å². The molecule has 1 aromatic carbocycles. The van der Waals surface area contributed by atoms with Gasteiger partial charge in [0.15, 0.2) is 0 Å². The fraction of sp³-hybridized carbons (Fsp3) is 0.364. The van der Waals surface area contributed by atoms with Gasteiger partial charge in [0.2, 0.25) is 0 Å². The third kappa shape index (κ3) is 6.44. The zero-order valence-corrected chi connectivity index (χ0v) is 8.96. The molecular weight excluding hydrogens is 235 g/mol. The molecule has 3 nitrogen and oxygen atoms in total. The summed E-state index contributed by atoms with van der Waals surface area (Å²) in [5.41, 5.74) is 0.819. The molecule has 17 heavy (non-hydrogen) atoms. The molecule has 0 aliphatic carbocycles. The minimum absolute atomic E-state index is 0.0934. The molecule has 1 N–H and O–H groups in total. The Labute approximate surface area is 96.6 Å². The van der Waals surface area contributed by atoms with Gasteiger partial charge in [-0.25, -0.2) is 0 Å². The number of rotatable bonds is 5. The van der Waals surface area contributed by atoms with E-state index in [4.69, 9.17) is 0 Å². The Balaban J connectivity index is 2.14. The number of ether oxygens (including phenoxy) is 1. The monoisotopic (exact) mass is 247 g/mol. The van der Waals surface area contributed by atoms with E-state index in [2.05, 4.69) is 10.1 Å². The van der Waals surface area contributed by atoms with E-state index < -0.39 is 18.6 Å². The lowest BCUT2D eigenvalue weighted by atomic mass is 10.3. The quantitative estimate of drug-likeness (QED) is 0.642. The second kappa shape index (κ2) is 6.12. The van der Waals surface area contributed by atoms with Gasteiger partial charge in [0, 0.05) is 12.2 Å². The van der Waals surface area contributed by atoms with Gasteiger partial charge in [-0.3, -0.25) is 4.79 Å². The van der Waals surface area contributed by atoms with Crippen LogP contribution in [-0.4, -0.2) is 25.3 Å². The van der Waals surface area contributed by atoms with Gasteiger partial charge in [0.05, 0.1) is 0 Å². The molecule has 0 saturated carbocycles. The van der Waals surface area contributed by atoms with Crippen LogP contribution in [0, 0.1) is 0 Å². The largest absolute Gasteiger partial charge is 0.464 e. The Morgan fingerprint density at radius 3 is 2.47 bits per heavy atom. The highest BCUT2D eigenvalue weighted by molar-refractivity contribution is 5.70. The van der Waals surface area contributed by atoms with Crippen LogP contribution in [0.3, 0.4) is 0 Å². The average molecular weight is 247 g/mol. The summed E-state index contributed by atoms with van der Waals surface area (Å²) in [5, 5.41) is 2.90. The molecule has 0 bridgehead atoms. The number of benzene rings is 1. The van der Waals surface area contributed by atoms with Crippen LogP contribution in [0.5, 0.6) is 0 Å². The molecular formula is C11H12F3NO2. The van der Waals surface area contributed by atoms with E-state index in [1.165, 1.54) is 0 Å². The van der Waals surface area contributed by atoms with Crippen molar-refractivity contribution in [1.82, 2.24) is 0 Å². The number of nitrogens with one attached hydrogen (secondary N) is 1. The first-order valence-corrected chi connectivity index (χ1v) is 4.99. The SMILES string of the molecule is O=C(CC(F)(F)F)OCCNc1ccccc1. The van der Waals surface area contributed by atoms with Crippen LogP contribution in [0.15, 0.2) is 30.3 Å². The van der Waals surface area contributed by atoms with E-state index in [0.717, 1.165) is 5.69 Å². The van der Waals surface area contributed by atoms with Crippen molar-refractivity contribution in [3.8, 4) is 0 Å². The maximum Gasteiger partial charge on any atom is 0.399 e. The molecule has 0 aliphatic heterocycles. The molecule has 0 aliphatic rings. The van der Waals surface area contributed by atoms with Crippen LogP contribution in [0.1, 0.15) is 6.42 Å². The van der Waals surface area contributed by atoms with E-state index in [1.807, 2.05) is 18.2 Å². The van der Waals surface area contributed by atoms with Crippen molar-refractivity contribution in [3.05, 3.63) is 30.3 Å². The standard InChI is InChI=1S/C11H12F3NO2/c12-11(13,14)8-10(16)17-7-6-15-9-4-2-1-3-5-9/h1-5,15H,6-8H2. The maximum absolute atomic E-state index is 11.8. The van der Waals surface area contributed by atoms with E-state index in [-0.39, 0.29) is 13.2 Å². The first-order valence-electron chi connectivity index (χ1n) is 4.99. The Morgan fingerprint density at radius 2 is 1.88 bits per heavy atom. The number of esters is 1. The van der Waals surface area contributed by atoms with Crippen LogP contribution in [-0.2, 0) is 9.53 Å². The maximum atomic E-state index is 11.8. The highest BCUT2D eigenvalue weighted by Crippen LogP contribution is 2.19. The molecule has 6 heteroatoms. The number of carbonyl (C=O) groups excluding carboxylic acids is 1. The van der Waals surface area contributed by atoms with Crippen LogP contribution >= 0.6 is 0 Å². The van der Waals surface area contributed by atoms with E-state index in [9.17, 15) is 18.0 Å². The summed E-state index contributed by atoms with van der Waals surface area (Å²) in [5.74, 6) is -1.26. The Kier molecular flexibility index (Phi) is 4.81. The zero-order valence-electron chi connectivity index (χ0n) is 8.96. The predicted molar refractivity (Wildman–Crippen MR) is 56.6 cm³/mol. The first-order chi connectivity index (χ1) is 7.97. The minimum atomic E-state index is -4.51. The van der Waals surface area contributed by atoms with Gasteiger partial charge in [-0.05, 0) is 12.1 Å².